The number of ether oxygens (including phenoxy) is 1. The van der Waals surface area contributed by atoms with Crippen molar-refractivity contribution in [3.63, 3.8) is 0 Å². The molecule has 19 heavy (non-hydrogen) atoms. The van der Waals surface area contributed by atoms with Gasteiger partial charge in [0.25, 0.3) is 0 Å². The minimum Gasteiger partial charge on any atom is -0.465 e. The van der Waals surface area contributed by atoms with Crippen LogP contribution in [0.2, 0.25) is 0 Å². The zero-order chi connectivity index (χ0) is 21.6. The molecule has 2 aromatic carbocycles. The molecule has 0 bridgehead atoms. The molecule has 0 aliphatic carbocycles. The van der Waals surface area contributed by atoms with Gasteiger partial charge in [-0.05, 0) is 43.0 Å². The van der Waals surface area contributed by atoms with Crippen molar-refractivity contribution in [3.8, 4) is 11.1 Å². The fourth-order valence-electron chi connectivity index (χ4n) is 1.61. The summed E-state index contributed by atoms with van der Waals surface area (Å²) in [6, 6.07) is 1.93. The van der Waals surface area contributed by atoms with Crippen LogP contribution in [0.25, 0.3) is 11.1 Å². The standard InChI is InChI=1S/C16H15BrO2/c1-10-6-11(2)8-12(7-10)15-9-13(17)4-5-14(15)16(18)19-3/h4-9H,1-3H3/i1D3,2D3,6D,7D,8D. The average Bonchev–Trinajstić information content (AvgIpc) is 2.51. The summed E-state index contributed by atoms with van der Waals surface area (Å²) < 4.78 is 75.8. The Hall–Kier alpha value is -1.61. The Bertz CT molecular complexity index is 908. The van der Waals surface area contributed by atoms with E-state index >= 15 is 0 Å². The SMILES string of the molecule is [2H]c1c(-c2cc(Br)ccc2C(=O)OC)c([2H])c(C([2H])([2H])[2H])c([2H])c1C([2H])([2H])[2H]. The average molecular weight is 328 g/mol. The van der Waals surface area contributed by atoms with Crippen molar-refractivity contribution in [2.75, 3.05) is 7.11 Å². The Labute approximate surface area is 134 Å². The molecule has 2 rings (SSSR count). The van der Waals surface area contributed by atoms with Crippen molar-refractivity contribution in [3.05, 3.63) is 57.5 Å². The summed E-state index contributed by atoms with van der Waals surface area (Å²) in [7, 11) is 1.13. The van der Waals surface area contributed by atoms with E-state index in [1.807, 2.05) is 0 Å². The Morgan fingerprint density at radius 1 is 1.26 bits per heavy atom. The van der Waals surface area contributed by atoms with Crippen molar-refractivity contribution >= 4 is 21.9 Å². The smallest absolute Gasteiger partial charge is 0.338 e. The monoisotopic (exact) mass is 327 g/mol. The number of halogens is 1. The molecule has 0 aromatic heterocycles. The van der Waals surface area contributed by atoms with E-state index in [2.05, 4.69) is 15.9 Å². The third kappa shape index (κ3) is 3.04. The zero-order valence-corrected chi connectivity index (χ0v) is 11.5. The quantitative estimate of drug-likeness (QED) is 0.758. The lowest BCUT2D eigenvalue weighted by Gasteiger charge is -2.10. The summed E-state index contributed by atoms with van der Waals surface area (Å²) in [6.45, 7) is -5.93. The molecular formula is C16H15BrO2. The van der Waals surface area contributed by atoms with Gasteiger partial charge in [-0.2, -0.15) is 0 Å². The first-order chi connectivity index (χ1) is 12.7. The summed E-state index contributed by atoms with van der Waals surface area (Å²) >= 11 is 3.21. The van der Waals surface area contributed by atoms with E-state index in [1.165, 1.54) is 18.2 Å². The first kappa shape index (κ1) is 6.23. The number of benzene rings is 2. The van der Waals surface area contributed by atoms with Crippen LogP contribution in [-0.2, 0) is 4.74 Å². The highest BCUT2D eigenvalue weighted by atomic mass is 79.9. The molecule has 0 amide bonds. The third-order valence-corrected chi connectivity index (χ3v) is 2.90. The van der Waals surface area contributed by atoms with Crippen LogP contribution in [0.15, 0.2) is 40.8 Å². The molecule has 0 heterocycles. The van der Waals surface area contributed by atoms with Crippen LogP contribution in [0, 0.1) is 13.7 Å². The fraction of sp³-hybridized carbons (Fsp3) is 0.188. The van der Waals surface area contributed by atoms with Crippen molar-refractivity contribution in [2.45, 2.75) is 13.7 Å². The number of carbonyl (C=O) groups excluding carboxylic acids is 1. The van der Waals surface area contributed by atoms with Gasteiger partial charge < -0.3 is 4.74 Å². The molecule has 2 nitrogen and oxygen atoms in total. The van der Waals surface area contributed by atoms with E-state index in [4.69, 9.17) is 17.1 Å². The first-order valence-electron chi connectivity index (χ1n) is 9.74. The van der Waals surface area contributed by atoms with Crippen LogP contribution in [0.4, 0.5) is 0 Å². The fourth-order valence-corrected chi connectivity index (χ4v) is 1.98. The minimum atomic E-state index is -2.96. The van der Waals surface area contributed by atoms with Gasteiger partial charge in [-0.1, -0.05) is 45.2 Å². The van der Waals surface area contributed by atoms with E-state index in [9.17, 15) is 4.79 Å². The molecule has 0 aliphatic rings. The molecule has 0 saturated carbocycles. The summed E-state index contributed by atoms with van der Waals surface area (Å²) in [6.07, 6.45) is 0. The Morgan fingerprint density at radius 2 is 1.95 bits per heavy atom. The lowest BCUT2D eigenvalue weighted by atomic mass is 9.96. The van der Waals surface area contributed by atoms with E-state index in [1.54, 1.807) is 0 Å². The van der Waals surface area contributed by atoms with Crippen LogP contribution in [0.5, 0.6) is 0 Å². The molecule has 0 aliphatic heterocycles. The topological polar surface area (TPSA) is 26.3 Å². The first-order valence-corrected chi connectivity index (χ1v) is 6.04. The number of hydrogen-bond acceptors (Lipinski definition) is 2. The number of esters is 1. The highest BCUT2D eigenvalue weighted by Crippen LogP contribution is 2.29. The maximum absolute atomic E-state index is 12.2. The second-order valence-corrected chi connectivity index (χ2v) is 4.60. The van der Waals surface area contributed by atoms with Crippen LogP contribution in [0.3, 0.4) is 0 Å². The van der Waals surface area contributed by atoms with Crippen LogP contribution < -0.4 is 0 Å². The predicted molar refractivity (Wildman–Crippen MR) is 80.4 cm³/mol. The van der Waals surface area contributed by atoms with Gasteiger partial charge >= 0.3 is 5.97 Å². The normalized spacial score (nSPS) is 18.5. The van der Waals surface area contributed by atoms with Gasteiger partial charge in [0.1, 0.15) is 0 Å². The second-order valence-electron chi connectivity index (χ2n) is 3.68. The van der Waals surface area contributed by atoms with Gasteiger partial charge in [0.2, 0.25) is 0 Å². The number of hydrogen-bond donors (Lipinski definition) is 0. The van der Waals surface area contributed by atoms with E-state index in [0.29, 0.717) is 4.47 Å². The summed E-state index contributed by atoms with van der Waals surface area (Å²) in [5, 5.41) is 0. The van der Waals surface area contributed by atoms with E-state index in [-0.39, 0.29) is 16.7 Å². The third-order valence-electron chi connectivity index (χ3n) is 2.41. The lowest BCUT2D eigenvalue weighted by Crippen LogP contribution is -2.03. The van der Waals surface area contributed by atoms with Gasteiger partial charge in [0.05, 0.1) is 16.8 Å². The zero-order valence-electron chi connectivity index (χ0n) is 18.9. The minimum absolute atomic E-state index is 0.0350. The second kappa shape index (κ2) is 5.57. The summed E-state index contributed by atoms with van der Waals surface area (Å²) in [5.74, 6) is -0.804. The van der Waals surface area contributed by atoms with Gasteiger partial charge in [0.15, 0.2) is 0 Å². The highest BCUT2D eigenvalue weighted by Gasteiger charge is 2.14. The molecule has 98 valence electrons. The van der Waals surface area contributed by atoms with E-state index < -0.39 is 48.9 Å². The van der Waals surface area contributed by atoms with Crippen LogP contribution in [-0.4, -0.2) is 13.1 Å². The molecule has 0 spiro atoms. The van der Waals surface area contributed by atoms with Crippen molar-refractivity contribution in [1.82, 2.24) is 0 Å². The molecule has 0 unspecified atom stereocenters. The predicted octanol–water partition coefficient (Wildman–Crippen LogP) is 4.52. The van der Waals surface area contributed by atoms with Gasteiger partial charge in [-0.15, -0.1) is 0 Å². The largest absolute Gasteiger partial charge is 0.465 e. The van der Waals surface area contributed by atoms with Gasteiger partial charge in [-0.25, -0.2) is 4.79 Å². The number of methoxy groups -OCH3 is 1. The molecular weight excluding hydrogens is 304 g/mol. The summed E-state index contributed by atoms with van der Waals surface area (Å²) in [5.41, 5.74) is -2.05. The number of carbonyl (C=O) groups is 1. The van der Waals surface area contributed by atoms with Gasteiger partial charge in [-0.3, -0.25) is 0 Å². The molecule has 2 aromatic rings. The van der Waals surface area contributed by atoms with Crippen molar-refractivity contribution < 1.29 is 21.9 Å². The highest BCUT2D eigenvalue weighted by molar-refractivity contribution is 9.10. The Balaban J connectivity index is 3.10. The number of rotatable bonds is 2. The van der Waals surface area contributed by atoms with Crippen LogP contribution >= 0.6 is 15.9 Å². The van der Waals surface area contributed by atoms with Gasteiger partial charge in [0, 0.05) is 12.7 Å². The van der Waals surface area contributed by atoms with Crippen LogP contribution in [0.1, 0.15) is 33.8 Å². The molecule has 0 saturated heterocycles. The molecule has 0 radical (unpaired) electrons. The maximum atomic E-state index is 12.2. The molecule has 3 heteroatoms. The Kier molecular flexibility index (Phi) is 1.83. The Morgan fingerprint density at radius 3 is 2.53 bits per heavy atom. The van der Waals surface area contributed by atoms with Crippen molar-refractivity contribution in [2.24, 2.45) is 0 Å². The lowest BCUT2D eigenvalue weighted by molar-refractivity contribution is 0.0601. The maximum Gasteiger partial charge on any atom is 0.338 e. The van der Waals surface area contributed by atoms with Crippen molar-refractivity contribution in [1.29, 1.82) is 0 Å². The summed E-state index contributed by atoms with van der Waals surface area (Å²) in [4.78, 5) is 12.2. The molecule has 0 N–H and O–H groups in total. The molecule has 0 atom stereocenters. The van der Waals surface area contributed by atoms with E-state index in [0.717, 1.165) is 7.11 Å². The molecule has 0 fully saturated rings.